The Bertz CT molecular complexity index is 269. The first-order chi connectivity index (χ1) is 7.34. The van der Waals surface area contributed by atoms with Crippen LogP contribution in [0.3, 0.4) is 0 Å². The van der Waals surface area contributed by atoms with E-state index >= 15 is 0 Å². The van der Waals surface area contributed by atoms with E-state index in [1.807, 2.05) is 0 Å². The lowest BCUT2D eigenvalue weighted by Gasteiger charge is -2.36. The molecule has 0 radical (unpaired) electrons. The number of hydrogen-bond acceptors (Lipinski definition) is 0. The molecule has 3 aliphatic carbocycles. The third kappa shape index (κ3) is 1.22. The molecule has 3 aliphatic rings. The molecule has 4 unspecified atom stereocenters. The second-order valence-electron chi connectivity index (χ2n) is 8.29. The van der Waals surface area contributed by atoms with Crippen LogP contribution in [-0.2, 0) is 0 Å². The first-order valence-electron chi connectivity index (χ1n) is 7.34. The smallest absolute Gasteiger partial charge is 0.0303 e. The zero-order valence-electron chi connectivity index (χ0n) is 11.7. The molecule has 0 aliphatic heterocycles. The van der Waals surface area contributed by atoms with Crippen LogP contribution in [0.25, 0.3) is 0 Å². The largest absolute Gasteiger partial charge is 0.0619 e. The molecule has 0 aromatic rings. The fourth-order valence-corrected chi connectivity index (χ4v) is 6.32. The molecule has 0 N–H and O–H groups in total. The van der Waals surface area contributed by atoms with Gasteiger partial charge in [-0.3, -0.25) is 0 Å². The summed E-state index contributed by atoms with van der Waals surface area (Å²) in [6.07, 6.45) is 6.02. The van der Waals surface area contributed by atoms with E-state index in [9.17, 15) is 0 Å². The zero-order valence-corrected chi connectivity index (χ0v) is 11.7. The summed E-state index contributed by atoms with van der Waals surface area (Å²) in [4.78, 5) is 0. The van der Waals surface area contributed by atoms with Crippen LogP contribution in [0.1, 0.15) is 60.3 Å². The summed E-state index contributed by atoms with van der Waals surface area (Å²) in [5.74, 6) is 5.20. The van der Waals surface area contributed by atoms with Crippen molar-refractivity contribution in [3.8, 4) is 0 Å². The quantitative estimate of drug-likeness (QED) is 0.553. The lowest BCUT2D eigenvalue weighted by Crippen LogP contribution is -2.30. The third-order valence-electron chi connectivity index (χ3n) is 6.65. The lowest BCUT2D eigenvalue weighted by molar-refractivity contribution is 0.122. The van der Waals surface area contributed by atoms with Gasteiger partial charge < -0.3 is 0 Å². The van der Waals surface area contributed by atoms with Gasteiger partial charge in [0.2, 0.25) is 0 Å². The van der Waals surface area contributed by atoms with Crippen LogP contribution in [0.4, 0.5) is 0 Å². The van der Waals surface area contributed by atoms with E-state index in [0.717, 1.165) is 29.6 Å². The Labute approximate surface area is 101 Å². The molecule has 0 aromatic heterocycles. The average Bonchev–Trinajstić information content (AvgIpc) is 2.71. The molecule has 3 fully saturated rings. The Balaban J connectivity index is 1.96. The van der Waals surface area contributed by atoms with Crippen molar-refractivity contribution in [2.24, 2.45) is 40.4 Å². The maximum absolute atomic E-state index is 2.57. The van der Waals surface area contributed by atoms with Crippen LogP contribution in [0.15, 0.2) is 0 Å². The van der Waals surface area contributed by atoms with Gasteiger partial charge in [0.25, 0.3) is 0 Å². The van der Waals surface area contributed by atoms with E-state index in [0.29, 0.717) is 10.8 Å². The summed E-state index contributed by atoms with van der Waals surface area (Å²) in [6, 6.07) is 0. The van der Waals surface area contributed by atoms with Gasteiger partial charge in [-0.05, 0) is 66.1 Å². The molecule has 0 amide bonds. The first kappa shape index (κ1) is 11.1. The average molecular weight is 220 g/mol. The van der Waals surface area contributed by atoms with Crippen molar-refractivity contribution in [1.82, 2.24) is 0 Å². The van der Waals surface area contributed by atoms with Crippen molar-refractivity contribution in [3.63, 3.8) is 0 Å². The van der Waals surface area contributed by atoms with E-state index in [4.69, 9.17) is 0 Å². The highest BCUT2D eigenvalue weighted by molar-refractivity contribution is 5.10. The molecule has 0 nitrogen and oxygen atoms in total. The van der Waals surface area contributed by atoms with Crippen molar-refractivity contribution in [3.05, 3.63) is 0 Å². The summed E-state index contributed by atoms with van der Waals surface area (Å²) in [6.45, 7) is 12.7. The first-order valence-corrected chi connectivity index (χ1v) is 7.34. The molecular formula is C16H28. The van der Waals surface area contributed by atoms with Crippen molar-refractivity contribution in [2.75, 3.05) is 0 Å². The van der Waals surface area contributed by atoms with Gasteiger partial charge in [-0.1, -0.05) is 34.6 Å². The highest BCUT2D eigenvalue weighted by Crippen LogP contribution is 2.68. The van der Waals surface area contributed by atoms with Gasteiger partial charge in [-0.15, -0.1) is 0 Å². The van der Waals surface area contributed by atoms with E-state index in [1.165, 1.54) is 25.7 Å². The van der Waals surface area contributed by atoms with Crippen LogP contribution >= 0.6 is 0 Å². The maximum atomic E-state index is 2.57. The van der Waals surface area contributed by atoms with Crippen LogP contribution in [0, 0.1) is 40.4 Å². The number of rotatable bonds is 0. The van der Waals surface area contributed by atoms with Gasteiger partial charge in [0.15, 0.2) is 0 Å². The van der Waals surface area contributed by atoms with E-state index < -0.39 is 0 Å². The Morgan fingerprint density at radius 2 is 1.12 bits per heavy atom. The summed E-state index contributed by atoms with van der Waals surface area (Å²) < 4.78 is 0. The van der Waals surface area contributed by atoms with Gasteiger partial charge in [0.05, 0.1) is 0 Å². The van der Waals surface area contributed by atoms with Crippen LogP contribution in [-0.4, -0.2) is 0 Å². The summed E-state index contributed by atoms with van der Waals surface area (Å²) in [5.41, 5.74) is 1.26. The monoisotopic (exact) mass is 220 g/mol. The van der Waals surface area contributed by atoms with E-state index in [1.54, 1.807) is 0 Å². The second kappa shape index (κ2) is 3.06. The standard InChI is InChI=1S/C16H28/c1-10-13-11(6-8-15(13,2)3)12-7-9-16(4,5)14(10)12/h10-14H,6-9H2,1-5H3. The molecule has 3 saturated carbocycles. The van der Waals surface area contributed by atoms with Gasteiger partial charge >= 0.3 is 0 Å². The minimum Gasteiger partial charge on any atom is -0.0619 e. The maximum Gasteiger partial charge on any atom is -0.0303 e. The molecule has 0 saturated heterocycles. The minimum absolute atomic E-state index is 0.629. The topological polar surface area (TPSA) is 0 Å². The Kier molecular flexibility index (Phi) is 2.12. The SMILES string of the molecule is CC1C2C(CCC2(C)C)C2CCC(C)(C)C12. The highest BCUT2D eigenvalue weighted by Gasteiger charge is 2.61. The lowest BCUT2D eigenvalue weighted by atomic mass is 9.69. The second-order valence-corrected chi connectivity index (χ2v) is 8.29. The number of hydrogen-bond donors (Lipinski definition) is 0. The van der Waals surface area contributed by atoms with Crippen molar-refractivity contribution in [2.45, 2.75) is 60.3 Å². The predicted molar refractivity (Wildman–Crippen MR) is 69.2 cm³/mol. The fraction of sp³-hybridized carbons (Fsp3) is 1.00. The zero-order chi connectivity index (χ0) is 11.7. The van der Waals surface area contributed by atoms with Gasteiger partial charge in [-0.25, -0.2) is 0 Å². The van der Waals surface area contributed by atoms with Crippen molar-refractivity contribution >= 4 is 0 Å². The van der Waals surface area contributed by atoms with Gasteiger partial charge in [0, 0.05) is 0 Å². The Morgan fingerprint density at radius 3 is 1.50 bits per heavy atom. The molecule has 0 bridgehead atoms. The predicted octanol–water partition coefficient (Wildman–Crippen LogP) is 4.74. The summed E-state index contributed by atoms with van der Waals surface area (Å²) in [7, 11) is 0. The molecule has 0 aromatic carbocycles. The number of fused-ring (bicyclic) bond motifs is 3. The Hall–Kier alpha value is 0. The molecule has 92 valence electrons. The molecule has 0 heterocycles. The van der Waals surface area contributed by atoms with Crippen LogP contribution < -0.4 is 0 Å². The molecule has 16 heavy (non-hydrogen) atoms. The normalized spacial score (nSPS) is 52.7. The summed E-state index contributed by atoms with van der Waals surface area (Å²) in [5, 5.41) is 0. The molecule has 3 rings (SSSR count). The fourth-order valence-electron chi connectivity index (χ4n) is 6.32. The van der Waals surface area contributed by atoms with Gasteiger partial charge in [-0.2, -0.15) is 0 Å². The van der Waals surface area contributed by atoms with Crippen LogP contribution in [0.5, 0.6) is 0 Å². The Morgan fingerprint density at radius 1 is 0.750 bits per heavy atom. The third-order valence-corrected chi connectivity index (χ3v) is 6.65. The highest BCUT2D eigenvalue weighted by atomic mass is 14.7. The minimum atomic E-state index is 0.629. The van der Waals surface area contributed by atoms with Gasteiger partial charge in [0.1, 0.15) is 0 Å². The van der Waals surface area contributed by atoms with Crippen LogP contribution in [0.2, 0.25) is 0 Å². The molecule has 0 heteroatoms. The molecule has 4 atom stereocenters. The van der Waals surface area contributed by atoms with E-state index in [2.05, 4.69) is 34.6 Å². The molecule has 0 spiro atoms. The summed E-state index contributed by atoms with van der Waals surface area (Å²) >= 11 is 0. The van der Waals surface area contributed by atoms with E-state index in [-0.39, 0.29) is 0 Å². The van der Waals surface area contributed by atoms with Crippen molar-refractivity contribution in [1.29, 1.82) is 0 Å². The van der Waals surface area contributed by atoms with Crippen molar-refractivity contribution < 1.29 is 0 Å². The molecular weight excluding hydrogens is 192 g/mol.